The van der Waals surface area contributed by atoms with Gasteiger partial charge in [-0.3, -0.25) is 4.90 Å². The molecule has 3 nitrogen and oxygen atoms in total. The van der Waals surface area contributed by atoms with Crippen LogP contribution in [0.5, 0.6) is 0 Å². The minimum Gasteiger partial charge on any atom is -0.383 e. The lowest BCUT2D eigenvalue weighted by atomic mass is 10.1. The minimum absolute atomic E-state index is 0.346. The molecule has 0 aliphatic heterocycles. The van der Waals surface area contributed by atoms with E-state index in [0.29, 0.717) is 12.1 Å². The van der Waals surface area contributed by atoms with Crippen LogP contribution in [0.1, 0.15) is 40.0 Å². The smallest absolute Gasteiger partial charge is 0.0589 e. The highest BCUT2D eigenvalue weighted by Crippen LogP contribution is 2.06. The first-order valence-electron chi connectivity index (χ1n) is 6.14. The van der Waals surface area contributed by atoms with Crippen molar-refractivity contribution < 1.29 is 4.74 Å². The summed E-state index contributed by atoms with van der Waals surface area (Å²) < 4.78 is 5.13. The van der Waals surface area contributed by atoms with Crippen LogP contribution in [0, 0.1) is 0 Å². The summed E-state index contributed by atoms with van der Waals surface area (Å²) >= 11 is 0. The Morgan fingerprint density at radius 3 is 2.33 bits per heavy atom. The molecule has 2 atom stereocenters. The van der Waals surface area contributed by atoms with Gasteiger partial charge >= 0.3 is 0 Å². The Labute approximate surface area is 95.0 Å². The average Bonchev–Trinajstić information content (AvgIpc) is 2.27. The first-order chi connectivity index (χ1) is 7.15. The topological polar surface area (TPSA) is 38.5 Å². The van der Waals surface area contributed by atoms with Crippen molar-refractivity contribution in [2.24, 2.45) is 5.73 Å². The summed E-state index contributed by atoms with van der Waals surface area (Å²) in [7, 11) is 1.76. The van der Waals surface area contributed by atoms with Gasteiger partial charge in [0.15, 0.2) is 0 Å². The molecule has 0 amide bonds. The largest absolute Gasteiger partial charge is 0.383 e. The second-order valence-corrected chi connectivity index (χ2v) is 4.24. The molecule has 3 heteroatoms. The van der Waals surface area contributed by atoms with E-state index in [4.69, 9.17) is 10.5 Å². The predicted molar refractivity (Wildman–Crippen MR) is 66.1 cm³/mol. The molecule has 0 fully saturated rings. The molecule has 2 unspecified atom stereocenters. The summed E-state index contributed by atoms with van der Waals surface area (Å²) in [5.41, 5.74) is 5.93. The van der Waals surface area contributed by atoms with Crippen LogP contribution in [0.15, 0.2) is 0 Å². The average molecular weight is 216 g/mol. The predicted octanol–water partition coefficient (Wildman–Crippen LogP) is 1.86. The van der Waals surface area contributed by atoms with E-state index in [0.717, 1.165) is 32.5 Å². The zero-order chi connectivity index (χ0) is 11.7. The molecular formula is C12H28N2O. The van der Waals surface area contributed by atoms with Crippen LogP contribution in [-0.2, 0) is 4.74 Å². The molecule has 92 valence electrons. The van der Waals surface area contributed by atoms with E-state index in [1.165, 1.54) is 6.42 Å². The van der Waals surface area contributed by atoms with Crippen molar-refractivity contribution in [1.29, 1.82) is 0 Å². The Morgan fingerprint density at radius 2 is 1.87 bits per heavy atom. The normalized spacial score (nSPS) is 15.6. The maximum absolute atomic E-state index is 5.93. The van der Waals surface area contributed by atoms with E-state index >= 15 is 0 Å². The summed E-state index contributed by atoms with van der Waals surface area (Å²) in [4.78, 5) is 2.47. The molecule has 0 bridgehead atoms. The Morgan fingerprint density at radius 1 is 1.20 bits per heavy atom. The Balaban J connectivity index is 3.89. The Bertz CT molecular complexity index is 142. The molecule has 0 spiro atoms. The molecule has 0 aliphatic carbocycles. The Kier molecular flexibility index (Phi) is 9.06. The van der Waals surface area contributed by atoms with Gasteiger partial charge in [-0.2, -0.15) is 0 Å². The number of nitrogens with two attached hydrogens (primary N) is 1. The SMILES string of the molecule is CCC(N)CCN(CCOC)C(C)CC. The summed E-state index contributed by atoms with van der Waals surface area (Å²) in [5.74, 6) is 0. The summed E-state index contributed by atoms with van der Waals surface area (Å²) in [6.45, 7) is 9.56. The fraction of sp³-hybridized carbons (Fsp3) is 1.00. The van der Waals surface area contributed by atoms with E-state index in [1.54, 1.807) is 7.11 Å². The van der Waals surface area contributed by atoms with Gasteiger partial charge in [-0.1, -0.05) is 13.8 Å². The second kappa shape index (κ2) is 9.13. The molecule has 0 rings (SSSR count). The molecule has 0 radical (unpaired) electrons. The number of hydrogen-bond acceptors (Lipinski definition) is 3. The standard InChI is InChI=1S/C12H28N2O/c1-5-11(3)14(9-10-15-4)8-7-12(13)6-2/h11-12H,5-10,13H2,1-4H3. The van der Waals surface area contributed by atoms with Crippen molar-refractivity contribution >= 4 is 0 Å². The molecular weight excluding hydrogens is 188 g/mol. The quantitative estimate of drug-likeness (QED) is 0.639. The third kappa shape index (κ3) is 6.88. The van der Waals surface area contributed by atoms with Crippen molar-refractivity contribution in [3.63, 3.8) is 0 Å². The zero-order valence-corrected chi connectivity index (χ0v) is 10.8. The van der Waals surface area contributed by atoms with Gasteiger partial charge in [0.1, 0.15) is 0 Å². The van der Waals surface area contributed by atoms with Crippen molar-refractivity contribution in [3.05, 3.63) is 0 Å². The van der Waals surface area contributed by atoms with Gasteiger partial charge in [0.25, 0.3) is 0 Å². The lowest BCUT2D eigenvalue weighted by molar-refractivity contribution is 0.120. The number of methoxy groups -OCH3 is 1. The van der Waals surface area contributed by atoms with Gasteiger partial charge in [-0.05, 0) is 32.7 Å². The lowest BCUT2D eigenvalue weighted by Gasteiger charge is -2.29. The van der Waals surface area contributed by atoms with Gasteiger partial charge in [0, 0.05) is 25.7 Å². The van der Waals surface area contributed by atoms with Gasteiger partial charge in [-0.25, -0.2) is 0 Å². The fourth-order valence-corrected chi connectivity index (χ4v) is 1.56. The van der Waals surface area contributed by atoms with E-state index in [2.05, 4.69) is 25.7 Å². The van der Waals surface area contributed by atoms with Crippen LogP contribution in [-0.4, -0.2) is 43.8 Å². The first-order valence-corrected chi connectivity index (χ1v) is 6.14. The molecule has 0 aromatic carbocycles. The van der Waals surface area contributed by atoms with Crippen molar-refractivity contribution in [1.82, 2.24) is 4.90 Å². The molecule has 2 N–H and O–H groups in total. The maximum atomic E-state index is 5.93. The van der Waals surface area contributed by atoms with Crippen LogP contribution in [0.25, 0.3) is 0 Å². The summed E-state index contributed by atoms with van der Waals surface area (Å²) in [6, 6.07) is 0.975. The van der Waals surface area contributed by atoms with Crippen LogP contribution in [0.4, 0.5) is 0 Å². The van der Waals surface area contributed by atoms with E-state index in [9.17, 15) is 0 Å². The fourth-order valence-electron chi connectivity index (χ4n) is 1.56. The van der Waals surface area contributed by atoms with Gasteiger partial charge in [-0.15, -0.1) is 0 Å². The Hall–Kier alpha value is -0.120. The third-order valence-corrected chi connectivity index (χ3v) is 3.11. The van der Waals surface area contributed by atoms with Crippen LogP contribution in [0.2, 0.25) is 0 Å². The molecule has 15 heavy (non-hydrogen) atoms. The van der Waals surface area contributed by atoms with Crippen LogP contribution < -0.4 is 5.73 Å². The van der Waals surface area contributed by atoms with Crippen molar-refractivity contribution in [2.45, 2.75) is 52.1 Å². The van der Waals surface area contributed by atoms with Gasteiger partial charge < -0.3 is 10.5 Å². The number of nitrogens with zero attached hydrogens (tertiary/aromatic N) is 1. The highest BCUT2D eigenvalue weighted by atomic mass is 16.5. The van der Waals surface area contributed by atoms with E-state index in [1.807, 2.05) is 0 Å². The molecule has 0 saturated heterocycles. The molecule has 0 aromatic heterocycles. The summed E-state index contributed by atoms with van der Waals surface area (Å²) in [6.07, 6.45) is 3.34. The zero-order valence-electron chi connectivity index (χ0n) is 10.8. The maximum Gasteiger partial charge on any atom is 0.0589 e. The number of hydrogen-bond donors (Lipinski definition) is 1. The number of ether oxygens (including phenoxy) is 1. The molecule has 0 aromatic rings. The number of rotatable bonds is 9. The minimum atomic E-state index is 0.346. The van der Waals surface area contributed by atoms with Gasteiger partial charge in [0.05, 0.1) is 6.61 Å². The van der Waals surface area contributed by atoms with Gasteiger partial charge in [0.2, 0.25) is 0 Å². The highest BCUT2D eigenvalue weighted by molar-refractivity contribution is 4.69. The van der Waals surface area contributed by atoms with Crippen molar-refractivity contribution in [2.75, 3.05) is 26.8 Å². The van der Waals surface area contributed by atoms with E-state index < -0.39 is 0 Å². The van der Waals surface area contributed by atoms with Crippen LogP contribution in [0.3, 0.4) is 0 Å². The second-order valence-electron chi connectivity index (χ2n) is 4.24. The van der Waals surface area contributed by atoms with Crippen LogP contribution >= 0.6 is 0 Å². The molecule has 0 saturated carbocycles. The van der Waals surface area contributed by atoms with Crippen molar-refractivity contribution in [3.8, 4) is 0 Å². The highest BCUT2D eigenvalue weighted by Gasteiger charge is 2.12. The molecule has 0 aliphatic rings. The monoisotopic (exact) mass is 216 g/mol. The first kappa shape index (κ1) is 14.9. The molecule has 0 heterocycles. The summed E-state index contributed by atoms with van der Waals surface area (Å²) in [5, 5.41) is 0. The third-order valence-electron chi connectivity index (χ3n) is 3.11. The van der Waals surface area contributed by atoms with E-state index in [-0.39, 0.29) is 0 Å². The lowest BCUT2D eigenvalue weighted by Crippen LogP contribution is -2.38.